The third kappa shape index (κ3) is 4.06. The van der Waals surface area contributed by atoms with Crippen LogP contribution >= 0.6 is 11.3 Å². The molecule has 3 aromatic rings. The van der Waals surface area contributed by atoms with E-state index < -0.39 is 0 Å². The van der Waals surface area contributed by atoms with Gasteiger partial charge < -0.3 is 14.4 Å². The quantitative estimate of drug-likeness (QED) is 0.634. The molecule has 0 aliphatic heterocycles. The summed E-state index contributed by atoms with van der Waals surface area (Å²) in [4.78, 5) is 15.2. The average molecular weight is 367 g/mol. The lowest BCUT2D eigenvalue weighted by Gasteiger charge is -2.16. The first-order valence-electron chi connectivity index (χ1n) is 8.22. The number of benzene rings is 2. The Balaban J connectivity index is 1.74. The lowest BCUT2D eigenvalue weighted by Crippen LogP contribution is -2.25. The highest BCUT2D eigenvalue weighted by atomic mass is 32.1. The van der Waals surface area contributed by atoms with Crippen LogP contribution < -0.4 is 9.47 Å². The van der Waals surface area contributed by atoms with Crippen LogP contribution in [0.5, 0.6) is 11.5 Å². The molecule has 0 bridgehead atoms. The third-order valence-corrected chi connectivity index (χ3v) is 5.03. The molecule has 0 aliphatic rings. The molecule has 0 fully saturated rings. The van der Waals surface area contributed by atoms with Crippen LogP contribution in [-0.4, -0.2) is 32.1 Å². The number of methoxy groups -OCH3 is 2. The third-order valence-electron chi connectivity index (χ3n) is 4.11. The lowest BCUT2D eigenvalue weighted by molar-refractivity contribution is 0.0790. The Morgan fingerprint density at radius 3 is 2.38 bits per heavy atom. The first-order chi connectivity index (χ1) is 12.6. The molecule has 0 saturated carbocycles. The first kappa shape index (κ1) is 18.0. The molecule has 0 saturated heterocycles. The molecule has 0 spiro atoms. The topological polar surface area (TPSA) is 38.8 Å². The number of carbonyl (C=O) groups is 1. The monoisotopic (exact) mass is 367 g/mol. The maximum atomic E-state index is 12.8. The van der Waals surface area contributed by atoms with Crippen molar-refractivity contribution in [1.82, 2.24) is 4.90 Å². The molecule has 1 heterocycles. The summed E-state index contributed by atoms with van der Waals surface area (Å²) in [6.07, 6.45) is 0. The van der Waals surface area contributed by atoms with Crippen molar-refractivity contribution in [1.29, 1.82) is 0 Å². The van der Waals surface area contributed by atoms with Gasteiger partial charge in [0.2, 0.25) is 0 Å². The standard InChI is InChI=1S/C21H21NO3S/c1-22(13-15-6-4-8-18(10-15)24-2)21(23)20-12-17(14-26-20)16-7-5-9-19(11-16)25-3/h4-12,14H,13H2,1-3H3. The summed E-state index contributed by atoms with van der Waals surface area (Å²) >= 11 is 1.46. The highest BCUT2D eigenvalue weighted by molar-refractivity contribution is 7.12. The summed E-state index contributed by atoms with van der Waals surface area (Å²) in [7, 11) is 5.10. The second-order valence-corrected chi connectivity index (χ2v) is 6.86. The number of carbonyl (C=O) groups excluding carboxylic acids is 1. The molecule has 26 heavy (non-hydrogen) atoms. The Kier molecular flexibility index (Phi) is 5.58. The molecule has 3 rings (SSSR count). The van der Waals surface area contributed by atoms with Crippen molar-refractivity contribution in [2.24, 2.45) is 0 Å². The Hall–Kier alpha value is -2.79. The number of amides is 1. The van der Waals surface area contributed by atoms with E-state index in [-0.39, 0.29) is 5.91 Å². The fraction of sp³-hybridized carbons (Fsp3) is 0.190. The number of thiophene rings is 1. The largest absolute Gasteiger partial charge is 0.497 e. The number of nitrogens with zero attached hydrogens (tertiary/aromatic N) is 1. The molecule has 134 valence electrons. The van der Waals surface area contributed by atoms with Gasteiger partial charge in [-0.1, -0.05) is 24.3 Å². The van der Waals surface area contributed by atoms with Crippen molar-refractivity contribution >= 4 is 17.2 Å². The minimum Gasteiger partial charge on any atom is -0.497 e. The van der Waals surface area contributed by atoms with Crippen molar-refractivity contribution in [3.63, 3.8) is 0 Å². The van der Waals surface area contributed by atoms with Gasteiger partial charge in [-0.15, -0.1) is 11.3 Å². The molecule has 0 atom stereocenters. The van der Waals surface area contributed by atoms with Crippen molar-refractivity contribution in [3.05, 3.63) is 70.4 Å². The van der Waals surface area contributed by atoms with Gasteiger partial charge in [0.05, 0.1) is 19.1 Å². The van der Waals surface area contributed by atoms with E-state index in [1.54, 1.807) is 19.1 Å². The lowest BCUT2D eigenvalue weighted by atomic mass is 10.1. The van der Waals surface area contributed by atoms with Gasteiger partial charge in [-0.3, -0.25) is 4.79 Å². The summed E-state index contributed by atoms with van der Waals surface area (Å²) in [6, 6.07) is 17.5. The zero-order chi connectivity index (χ0) is 18.5. The van der Waals surface area contributed by atoms with Gasteiger partial charge in [0.15, 0.2) is 0 Å². The normalized spacial score (nSPS) is 10.4. The van der Waals surface area contributed by atoms with Crippen LogP contribution in [0.1, 0.15) is 15.2 Å². The fourth-order valence-corrected chi connectivity index (χ4v) is 3.62. The van der Waals surface area contributed by atoms with Gasteiger partial charge in [-0.25, -0.2) is 0 Å². The SMILES string of the molecule is COc1cccc(CN(C)C(=O)c2cc(-c3cccc(OC)c3)cs2)c1. The molecule has 1 amide bonds. The minimum atomic E-state index is 0.00645. The molecule has 5 heteroatoms. The van der Waals surface area contributed by atoms with Crippen LogP contribution in [0.15, 0.2) is 60.0 Å². The summed E-state index contributed by atoms with van der Waals surface area (Å²) < 4.78 is 10.5. The predicted molar refractivity (Wildman–Crippen MR) is 105 cm³/mol. The molecule has 0 unspecified atom stereocenters. The summed E-state index contributed by atoms with van der Waals surface area (Å²) in [6.45, 7) is 0.530. The Labute approximate surface area is 157 Å². The summed E-state index contributed by atoms with van der Waals surface area (Å²) in [5.41, 5.74) is 3.09. The van der Waals surface area contributed by atoms with Gasteiger partial charge in [-0.2, -0.15) is 0 Å². The van der Waals surface area contributed by atoms with Crippen LogP contribution in [0.4, 0.5) is 0 Å². The summed E-state index contributed by atoms with van der Waals surface area (Å²) in [5.74, 6) is 1.60. The van der Waals surface area contributed by atoms with Gasteiger partial charge in [-0.05, 0) is 52.4 Å². The van der Waals surface area contributed by atoms with E-state index in [9.17, 15) is 4.79 Å². The van der Waals surface area contributed by atoms with Crippen LogP contribution in [0.25, 0.3) is 11.1 Å². The van der Waals surface area contributed by atoms with Gasteiger partial charge >= 0.3 is 0 Å². The minimum absolute atomic E-state index is 0.00645. The average Bonchev–Trinajstić information content (AvgIpc) is 3.17. The second-order valence-electron chi connectivity index (χ2n) is 5.94. The molecule has 4 nitrogen and oxygen atoms in total. The van der Waals surface area contributed by atoms with Crippen molar-refractivity contribution in [3.8, 4) is 22.6 Å². The maximum Gasteiger partial charge on any atom is 0.263 e. The van der Waals surface area contributed by atoms with Gasteiger partial charge in [0.25, 0.3) is 5.91 Å². The van der Waals surface area contributed by atoms with Crippen molar-refractivity contribution < 1.29 is 14.3 Å². The van der Waals surface area contributed by atoms with Crippen LogP contribution in [-0.2, 0) is 6.54 Å². The van der Waals surface area contributed by atoms with E-state index in [2.05, 4.69) is 0 Å². The van der Waals surface area contributed by atoms with E-state index in [4.69, 9.17) is 9.47 Å². The highest BCUT2D eigenvalue weighted by Crippen LogP contribution is 2.29. The maximum absolute atomic E-state index is 12.8. The predicted octanol–water partition coefficient (Wildman–Crippen LogP) is 4.70. The highest BCUT2D eigenvalue weighted by Gasteiger charge is 2.15. The molecule has 2 aromatic carbocycles. The molecular formula is C21H21NO3S. The molecule has 1 aromatic heterocycles. The summed E-state index contributed by atoms with van der Waals surface area (Å²) in [5, 5.41) is 2.00. The number of hydrogen-bond donors (Lipinski definition) is 0. The van der Waals surface area contributed by atoms with Gasteiger partial charge in [0, 0.05) is 13.6 Å². The fourth-order valence-electron chi connectivity index (χ4n) is 2.71. The van der Waals surface area contributed by atoms with E-state index in [1.165, 1.54) is 11.3 Å². The van der Waals surface area contributed by atoms with Crippen LogP contribution in [0, 0.1) is 0 Å². The van der Waals surface area contributed by atoms with E-state index in [1.807, 2.05) is 67.0 Å². The number of hydrogen-bond acceptors (Lipinski definition) is 4. The molecular weight excluding hydrogens is 346 g/mol. The Morgan fingerprint density at radius 2 is 1.65 bits per heavy atom. The van der Waals surface area contributed by atoms with Crippen LogP contribution in [0.3, 0.4) is 0 Å². The second kappa shape index (κ2) is 8.06. The van der Waals surface area contributed by atoms with Crippen molar-refractivity contribution in [2.75, 3.05) is 21.3 Å². The zero-order valence-corrected chi connectivity index (χ0v) is 15.9. The van der Waals surface area contributed by atoms with Gasteiger partial charge in [0.1, 0.15) is 11.5 Å². The Bertz CT molecular complexity index is 904. The van der Waals surface area contributed by atoms with E-state index >= 15 is 0 Å². The smallest absolute Gasteiger partial charge is 0.263 e. The van der Waals surface area contributed by atoms with E-state index in [0.717, 1.165) is 28.2 Å². The van der Waals surface area contributed by atoms with Crippen LogP contribution in [0.2, 0.25) is 0 Å². The zero-order valence-electron chi connectivity index (χ0n) is 15.1. The number of rotatable bonds is 6. The first-order valence-corrected chi connectivity index (χ1v) is 9.10. The van der Waals surface area contributed by atoms with Crippen molar-refractivity contribution in [2.45, 2.75) is 6.54 Å². The molecule has 0 N–H and O–H groups in total. The molecule has 0 radical (unpaired) electrons. The number of ether oxygens (including phenoxy) is 2. The Morgan fingerprint density at radius 1 is 0.962 bits per heavy atom. The molecule has 0 aliphatic carbocycles. The van der Waals surface area contributed by atoms with E-state index in [0.29, 0.717) is 11.4 Å².